The molecule has 0 saturated carbocycles. The fraction of sp³-hybridized carbons (Fsp3) is 0. The van der Waals surface area contributed by atoms with Crippen molar-refractivity contribution in [1.29, 1.82) is 5.26 Å². The second-order valence-corrected chi connectivity index (χ2v) is 0. The zero-order valence-corrected chi connectivity index (χ0v) is 8.21. The smallest absolute Gasteiger partial charge is 1.00 e. The van der Waals surface area contributed by atoms with Gasteiger partial charge in [-0.05, 0) is 0 Å². The summed E-state index contributed by atoms with van der Waals surface area (Å²) in [5.74, 6) is 0. The largest absolute Gasteiger partial charge is 1.00 e. The molecule has 0 aromatic heterocycles. The van der Waals surface area contributed by atoms with Crippen molar-refractivity contribution in [2.75, 3.05) is 0 Å². The van der Waals surface area contributed by atoms with Crippen LogP contribution in [0, 0.1) is 11.8 Å². The summed E-state index contributed by atoms with van der Waals surface area (Å²) in [5, 5.41) is 6.25. The molecule has 0 fully saturated rings. The molecule has 0 aliphatic carbocycles. The summed E-state index contributed by atoms with van der Waals surface area (Å²) in [5.41, 5.74) is 0. The van der Waals surface area contributed by atoms with Crippen molar-refractivity contribution in [3.05, 3.63) is 6.57 Å². The number of rotatable bonds is 0. The van der Waals surface area contributed by atoms with Gasteiger partial charge in [-0.3, -0.25) is 0 Å². The molecule has 0 unspecified atom stereocenters. The molecule has 1 nitrogen and oxygen atoms in total. The molecule has 0 rings (SSSR count). The average Bonchev–Trinajstić information content (AvgIpc) is 1.00. The van der Waals surface area contributed by atoms with E-state index in [2.05, 4.69) is 0 Å². The summed E-state index contributed by atoms with van der Waals surface area (Å²) in [6.45, 7) is 4.75. The Kier molecular flexibility index (Phi) is 441. The first-order chi connectivity index (χ1) is 1.00. The maximum atomic E-state index is 6.25. The van der Waals surface area contributed by atoms with E-state index < -0.39 is 0 Å². The van der Waals surface area contributed by atoms with Crippen molar-refractivity contribution in [3.8, 4) is 0 Å². The monoisotopic (exact) mass is 224 g/mol. The van der Waals surface area contributed by atoms with E-state index in [4.69, 9.17) is 11.8 Å². The summed E-state index contributed by atoms with van der Waals surface area (Å²) in [6.07, 6.45) is 0. The summed E-state index contributed by atoms with van der Waals surface area (Å²) >= 11 is 0. The molecule has 0 atom stereocenters. The van der Waals surface area contributed by atoms with Crippen molar-refractivity contribution >= 4 is 0 Å². The molecule has 0 aromatic carbocycles. The van der Waals surface area contributed by atoms with Gasteiger partial charge in [0.05, 0.1) is 0 Å². The van der Waals surface area contributed by atoms with E-state index in [1.165, 1.54) is 0 Å². The van der Waals surface area contributed by atoms with E-state index in [9.17, 15) is 0 Å². The van der Waals surface area contributed by atoms with Crippen LogP contribution in [0.5, 0.6) is 0 Å². The van der Waals surface area contributed by atoms with Crippen LogP contribution in [0.15, 0.2) is 0 Å². The van der Waals surface area contributed by atoms with Gasteiger partial charge in [0.15, 0.2) is 0 Å². The van der Waals surface area contributed by atoms with Crippen LogP contribution in [0.1, 0.15) is 1.43 Å². The molecular formula is CHCuFeMnNNa-. The van der Waals surface area contributed by atoms with Crippen molar-refractivity contribution in [2.24, 2.45) is 0 Å². The Labute approximate surface area is 92.8 Å². The molecule has 2 radical (unpaired) electrons. The minimum atomic E-state index is 0. The van der Waals surface area contributed by atoms with Crippen LogP contribution in [0.25, 0.3) is 0 Å². The Morgan fingerprint density at radius 1 is 1.33 bits per heavy atom. The molecule has 0 saturated heterocycles. The van der Waals surface area contributed by atoms with Crippen molar-refractivity contribution < 1.29 is 82.2 Å². The van der Waals surface area contributed by atoms with Crippen LogP contribution < -0.4 is 29.6 Å². The van der Waals surface area contributed by atoms with Gasteiger partial charge in [-0.1, -0.05) is 0 Å². The molecule has 0 amide bonds. The first kappa shape index (κ1) is 43.0. The van der Waals surface area contributed by atoms with Gasteiger partial charge in [-0.15, -0.1) is 0 Å². The van der Waals surface area contributed by atoms with E-state index in [0.29, 0.717) is 0 Å². The van der Waals surface area contributed by atoms with E-state index in [0.717, 1.165) is 0 Å². The molecule has 0 aromatic rings. The fourth-order valence-corrected chi connectivity index (χ4v) is 0. The van der Waals surface area contributed by atoms with Gasteiger partial charge < -0.3 is 13.3 Å². The predicted molar refractivity (Wildman–Crippen MR) is 6.08 cm³/mol. The van der Waals surface area contributed by atoms with E-state index in [1.54, 1.807) is 0 Å². The SMILES string of the molecule is [C-]#N.[Cu].[Fe].[H-].[Mn].[Na+]. The maximum absolute atomic E-state index is 6.25. The molecule has 0 heterocycles. The molecule has 0 spiro atoms. The second-order valence-electron chi connectivity index (χ2n) is 0. The molecule has 0 N–H and O–H groups in total. The molecular weight excluding hydrogens is 223 g/mol. The Bertz CT molecular complexity index is 24.4. The van der Waals surface area contributed by atoms with Crippen LogP contribution in [0.3, 0.4) is 0 Å². The second kappa shape index (κ2) is 61.5. The van der Waals surface area contributed by atoms with E-state index in [-0.39, 0.29) is 82.2 Å². The predicted octanol–water partition coefficient (Wildman–Crippen LogP) is -2.79. The van der Waals surface area contributed by atoms with Crippen LogP contribution in [-0.2, 0) is 51.2 Å². The zero-order chi connectivity index (χ0) is 2.00. The van der Waals surface area contributed by atoms with Crippen LogP contribution in [0.2, 0.25) is 0 Å². The minimum absolute atomic E-state index is 0. The van der Waals surface area contributed by atoms with Crippen LogP contribution in [-0.4, -0.2) is 0 Å². The van der Waals surface area contributed by atoms with Gasteiger partial charge in [0.2, 0.25) is 0 Å². The van der Waals surface area contributed by atoms with Gasteiger partial charge in [0.25, 0.3) is 0 Å². The van der Waals surface area contributed by atoms with Crippen LogP contribution in [0.4, 0.5) is 0 Å². The Morgan fingerprint density at radius 2 is 1.33 bits per heavy atom. The van der Waals surface area contributed by atoms with E-state index >= 15 is 0 Å². The summed E-state index contributed by atoms with van der Waals surface area (Å²) < 4.78 is 0. The van der Waals surface area contributed by atoms with E-state index in [1.807, 2.05) is 0 Å². The van der Waals surface area contributed by atoms with Gasteiger partial charge in [0.1, 0.15) is 0 Å². The zero-order valence-electron chi connectivity index (χ0n) is 3.98. The van der Waals surface area contributed by atoms with Gasteiger partial charge >= 0.3 is 29.6 Å². The van der Waals surface area contributed by atoms with Crippen molar-refractivity contribution in [1.82, 2.24) is 0 Å². The molecule has 6 heavy (non-hydrogen) atoms. The minimum Gasteiger partial charge on any atom is -1.00 e. The molecule has 5 heteroatoms. The third kappa shape index (κ3) is 36.7. The third-order valence-corrected chi connectivity index (χ3v) is 0. The summed E-state index contributed by atoms with van der Waals surface area (Å²) in [7, 11) is 0. The maximum Gasteiger partial charge on any atom is 1.00 e. The standard InChI is InChI=1S/CN.Cu.Fe.Mn.Na.H/c1-2;;;;;/q-1;;;;+1;-1. The number of nitrogens with zero attached hydrogens (tertiary/aromatic N) is 1. The first-order valence-corrected chi connectivity index (χ1v) is 0.224. The van der Waals surface area contributed by atoms with Crippen molar-refractivity contribution in [2.45, 2.75) is 0 Å². The Hall–Kier alpha value is 2.05. The fourth-order valence-electron chi connectivity index (χ4n) is 0. The molecule has 0 bridgehead atoms. The first-order valence-electron chi connectivity index (χ1n) is 0.224. The molecule has 0 aliphatic heterocycles. The number of hydrogen-bond donors (Lipinski definition) is 0. The summed E-state index contributed by atoms with van der Waals surface area (Å²) in [4.78, 5) is 0. The average molecular weight is 224 g/mol. The normalized spacial score (nSPS) is 0.333. The molecule has 38 valence electrons. The Balaban J connectivity index is -0.000000000500. The number of hydrogen-bond acceptors (Lipinski definition) is 1. The molecule has 0 aliphatic rings. The topological polar surface area (TPSA) is 23.8 Å². The quantitative estimate of drug-likeness (QED) is 0.322. The Morgan fingerprint density at radius 3 is 1.33 bits per heavy atom. The van der Waals surface area contributed by atoms with Crippen LogP contribution >= 0.6 is 0 Å². The van der Waals surface area contributed by atoms with Gasteiger partial charge in [-0.2, -0.15) is 0 Å². The summed E-state index contributed by atoms with van der Waals surface area (Å²) in [6, 6.07) is 0. The van der Waals surface area contributed by atoms with Gasteiger partial charge in [-0.25, -0.2) is 0 Å². The third-order valence-electron chi connectivity index (χ3n) is 0. The van der Waals surface area contributed by atoms with Crippen molar-refractivity contribution in [3.63, 3.8) is 0 Å². The van der Waals surface area contributed by atoms with Gasteiger partial charge in [0, 0.05) is 51.2 Å².